The number of aromatic nitrogens is 2. The molecule has 0 saturated heterocycles. The maximum atomic E-state index is 13.3. The van der Waals surface area contributed by atoms with Gasteiger partial charge in [-0.2, -0.15) is 0 Å². The van der Waals surface area contributed by atoms with Gasteiger partial charge < -0.3 is 19.7 Å². The van der Waals surface area contributed by atoms with Crippen molar-refractivity contribution in [3.63, 3.8) is 0 Å². The summed E-state index contributed by atoms with van der Waals surface area (Å²) in [7, 11) is 1.51. The fourth-order valence-corrected chi connectivity index (χ4v) is 4.17. The second-order valence-electron chi connectivity index (χ2n) is 7.58. The molecule has 35 heavy (non-hydrogen) atoms. The van der Waals surface area contributed by atoms with E-state index in [1.165, 1.54) is 23.7 Å². The Balaban J connectivity index is 1.74. The summed E-state index contributed by atoms with van der Waals surface area (Å²) >= 11 is 9.24. The standard InChI is InChI=1S/C22H19BrClF3N4O4/c1-29-18-17(19(32)30(10-9-23)21(29)33)31(12-13-5-7-14(24)8-6-13)20(28-18)34-15-3-2-4-16(11-15)35-22(25,26)27/h2-8,11,20,28H,9-10,12H2,1H3. The fraction of sp³-hybridized carbons (Fsp3) is 0.273. The Morgan fingerprint density at radius 2 is 1.80 bits per heavy atom. The highest BCUT2D eigenvalue weighted by atomic mass is 79.9. The maximum absolute atomic E-state index is 13.3. The van der Waals surface area contributed by atoms with Gasteiger partial charge in [0.1, 0.15) is 23.0 Å². The van der Waals surface area contributed by atoms with Gasteiger partial charge in [0, 0.05) is 36.6 Å². The number of rotatable bonds is 7. The third kappa shape index (κ3) is 5.43. The van der Waals surface area contributed by atoms with Crippen molar-refractivity contribution < 1.29 is 22.6 Å². The molecule has 0 radical (unpaired) electrons. The minimum atomic E-state index is -4.86. The monoisotopic (exact) mass is 574 g/mol. The van der Waals surface area contributed by atoms with Gasteiger partial charge in [-0.15, -0.1) is 13.2 Å². The van der Waals surface area contributed by atoms with Crippen LogP contribution in [0.25, 0.3) is 0 Å². The first-order valence-corrected chi connectivity index (χ1v) is 11.8. The fourth-order valence-electron chi connectivity index (χ4n) is 3.68. The Bertz CT molecular complexity index is 1340. The van der Waals surface area contributed by atoms with Crippen LogP contribution in [0.4, 0.5) is 24.7 Å². The molecule has 0 aliphatic carbocycles. The number of halogens is 5. The highest BCUT2D eigenvalue weighted by molar-refractivity contribution is 9.09. The molecular formula is C22H19BrClF3N4O4. The van der Waals surface area contributed by atoms with Crippen LogP contribution in [0.2, 0.25) is 5.02 Å². The van der Waals surface area contributed by atoms with E-state index < -0.39 is 29.7 Å². The van der Waals surface area contributed by atoms with E-state index in [0.717, 1.165) is 22.3 Å². The molecule has 1 N–H and O–H groups in total. The second-order valence-corrected chi connectivity index (χ2v) is 8.81. The molecule has 2 heterocycles. The lowest BCUT2D eigenvalue weighted by Gasteiger charge is -2.26. The zero-order chi connectivity index (χ0) is 25.3. The van der Waals surface area contributed by atoms with E-state index in [1.54, 1.807) is 29.2 Å². The van der Waals surface area contributed by atoms with Crippen molar-refractivity contribution in [1.82, 2.24) is 9.13 Å². The number of ether oxygens (including phenoxy) is 2. The van der Waals surface area contributed by atoms with E-state index in [4.69, 9.17) is 16.3 Å². The molecule has 13 heteroatoms. The van der Waals surface area contributed by atoms with Crippen LogP contribution in [0.15, 0.2) is 58.1 Å². The number of hydrogen-bond donors (Lipinski definition) is 1. The van der Waals surface area contributed by atoms with Crippen LogP contribution in [0.3, 0.4) is 0 Å². The summed E-state index contributed by atoms with van der Waals surface area (Å²) in [4.78, 5) is 27.7. The van der Waals surface area contributed by atoms with Crippen LogP contribution < -0.4 is 30.9 Å². The second kappa shape index (κ2) is 9.86. The quantitative estimate of drug-likeness (QED) is 0.424. The van der Waals surface area contributed by atoms with Crippen molar-refractivity contribution in [2.45, 2.75) is 25.8 Å². The van der Waals surface area contributed by atoms with Crippen LogP contribution in [-0.4, -0.2) is 27.2 Å². The van der Waals surface area contributed by atoms with E-state index in [9.17, 15) is 22.8 Å². The lowest BCUT2D eigenvalue weighted by Crippen LogP contribution is -2.43. The summed E-state index contributed by atoms with van der Waals surface area (Å²) in [5, 5.41) is 3.92. The molecule has 4 rings (SSSR count). The highest BCUT2D eigenvalue weighted by Gasteiger charge is 2.37. The van der Waals surface area contributed by atoms with Gasteiger partial charge in [0.25, 0.3) is 11.9 Å². The van der Waals surface area contributed by atoms with Gasteiger partial charge in [0.15, 0.2) is 0 Å². The van der Waals surface area contributed by atoms with E-state index >= 15 is 0 Å². The minimum Gasteiger partial charge on any atom is -0.452 e. The highest BCUT2D eigenvalue weighted by Crippen LogP contribution is 2.34. The lowest BCUT2D eigenvalue weighted by atomic mass is 10.2. The molecule has 0 bridgehead atoms. The first-order valence-electron chi connectivity index (χ1n) is 10.3. The molecule has 0 amide bonds. The van der Waals surface area contributed by atoms with Gasteiger partial charge >= 0.3 is 12.1 Å². The molecule has 0 saturated carbocycles. The molecule has 1 aromatic heterocycles. The molecule has 2 aromatic carbocycles. The van der Waals surface area contributed by atoms with Crippen molar-refractivity contribution in [3.8, 4) is 11.5 Å². The molecule has 1 atom stereocenters. The SMILES string of the molecule is Cn1c2c(c(=O)n(CCBr)c1=O)N(Cc1ccc(Cl)cc1)C(Oc1cccc(OC(F)(F)F)c1)N2. The Hall–Kier alpha value is -3.12. The maximum Gasteiger partial charge on any atom is 0.573 e. The number of benzene rings is 2. The van der Waals surface area contributed by atoms with Gasteiger partial charge in [-0.1, -0.05) is 45.7 Å². The Kier molecular flexibility index (Phi) is 7.04. The average molecular weight is 576 g/mol. The van der Waals surface area contributed by atoms with Gasteiger partial charge in [-0.05, 0) is 29.8 Å². The van der Waals surface area contributed by atoms with Crippen molar-refractivity contribution in [1.29, 1.82) is 0 Å². The van der Waals surface area contributed by atoms with E-state index in [1.807, 2.05) is 0 Å². The van der Waals surface area contributed by atoms with Crippen LogP contribution in [0, 0.1) is 0 Å². The smallest absolute Gasteiger partial charge is 0.452 e. The third-order valence-corrected chi connectivity index (χ3v) is 5.82. The van der Waals surface area contributed by atoms with Crippen LogP contribution in [-0.2, 0) is 20.1 Å². The molecule has 1 aliphatic rings. The van der Waals surface area contributed by atoms with Gasteiger partial charge in [0.2, 0.25) is 0 Å². The summed E-state index contributed by atoms with van der Waals surface area (Å²) in [6, 6.07) is 12.0. The predicted molar refractivity (Wildman–Crippen MR) is 129 cm³/mol. The predicted octanol–water partition coefficient (Wildman–Crippen LogP) is 4.29. The summed E-state index contributed by atoms with van der Waals surface area (Å²) in [5.41, 5.74) is -0.0690. The molecule has 0 fully saturated rings. The van der Waals surface area contributed by atoms with Crippen molar-refractivity contribution in [2.24, 2.45) is 7.05 Å². The number of fused-ring (bicyclic) bond motifs is 1. The first-order chi connectivity index (χ1) is 16.6. The van der Waals surface area contributed by atoms with Crippen molar-refractivity contribution in [3.05, 3.63) is 80.0 Å². The van der Waals surface area contributed by atoms with Crippen LogP contribution in [0.5, 0.6) is 11.5 Å². The molecular weight excluding hydrogens is 557 g/mol. The first kappa shape index (κ1) is 25.0. The number of hydrogen-bond acceptors (Lipinski definition) is 6. The minimum absolute atomic E-state index is 0.0592. The van der Waals surface area contributed by atoms with Gasteiger partial charge in [-0.3, -0.25) is 13.9 Å². The average Bonchev–Trinajstić information content (AvgIpc) is 3.14. The summed E-state index contributed by atoms with van der Waals surface area (Å²) < 4.78 is 50.3. The van der Waals surface area contributed by atoms with Crippen molar-refractivity contribution in [2.75, 3.05) is 15.5 Å². The van der Waals surface area contributed by atoms with Crippen LogP contribution in [0.1, 0.15) is 5.56 Å². The number of nitrogens with zero attached hydrogens (tertiary/aromatic N) is 3. The lowest BCUT2D eigenvalue weighted by molar-refractivity contribution is -0.274. The Morgan fingerprint density at radius 3 is 2.46 bits per heavy atom. The molecule has 8 nitrogen and oxygen atoms in total. The molecule has 1 aliphatic heterocycles. The topological polar surface area (TPSA) is 77.7 Å². The Labute approximate surface area is 210 Å². The molecule has 1 unspecified atom stereocenters. The summed E-state index contributed by atoms with van der Waals surface area (Å²) in [6.45, 7) is 0.332. The number of alkyl halides is 4. The third-order valence-electron chi connectivity index (χ3n) is 5.22. The van der Waals surface area contributed by atoms with Crippen molar-refractivity contribution >= 4 is 39.0 Å². The normalized spacial score (nSPS) is 15.0. The zero-order valence-electron chi connectivity index (χ0n) is 18.2. The number of anilines is 2. The van der Waals surface area contributed by atoms with E-state index in [0.29, 0.717) is 10.4 Å². The number of nitrogens with one attached hydrogen (secondary N) is 1. The summed E-state index contributed by atoms with van der Waals surface area (Å²) in [6.07, 6.45) is -5.88. The molecule has 186 valence electrons. The van der Waals surface area contributed by atoms with Gasteiger partial charge in [-0.25, -0.2) is 4.79 Å². The zero-order valence-corrected chi connectivity index (χ0v) is 20.5. The Morgan fingerprint density at radius 1 is 1.11 bits per heavy atom. The molecule has 0 spiro atoms. The van der Waals surface area contributed by atoms with Gasteiger partial charge in [0.05, 0.1) is 0 Å². The van der Waals surface area contributed by atoms with Crippen LogP contribution >= 0.6 is 27.5 Å². The molecule has 3 aromatic rings. The van der Waals surface area contributed by atoms with E-state index in [2.05, 4.69) is 26.0 Å². The van der Waals surface area contributed by atoms with E-state index in [-0.39, 0.29) is 30.3 Å². The summed E-state index contributed by atoms with van der Waals surface area (Å²) in [5.74, 6) is -0.168. The largest absolute Gasteiger partial charge is 0.573 e.